The second kappa shape index (κ2) is 5.50. The number of ether oxygens (including phenoxy) is 1. The molecule has 5 nitrogen and oxygen atoms in total. The Balaban J connectivity index is 2.21. The highest BCUT2D eigenvalue weighted by molar-refractivity contribution is 9.10. The number of amides is 1. The highest BCUT2D eigenvalue weighted by Gasteiger charge is 2.27. The third-order valence-corrected chi connectivity index (χ3v) is 5.13. The largest absolute Gasteiger partial charge is 0.496 e. The molecule has 0 saturated carbocycles. The van der Waals surface area contributed by atoms with E-state index in [1.807, 2.05) is 0 Å². The minimum atomic E-state index is -2.99. The summed E-state index contributed by atoms with van der Waals surface area (Å²) in [6.45, 7) is 0.473. The predicted octanol–water partition coefficient (Wildman–Crippen LogP) is 1.33. The molecule has 1 fully saturated rings. The Morgan fingerprint density at radius 3 is 2.53 bits per heavy atom. The molecule has 0 unspecified atom stereocenters. The van der Waals surface area contributed by atoms with Gasteiger partial charge in [0.2, 0.25) is 0 Å². The van der Waals surface area contributed by atoms with Crippen LogP contribution < -0.4 is 4.74 Å². The molecule has 1 aliphatic heterocycles. The van der Waals surface area contributed by atoms with Crippen LogP contribution in [0.3, 0.4) is 0 Å². The predicted molar refractivity (Wildman–Crippen MR) is 75.3 cm³/mol. The molecule has 0 atom stereocenters. The van der Waals surface area contributed by atoms with E-state index in [2.05, 4.69) is 15.9 Å². The second-order valence-electron chi connectivity index (χ2n) is 4.29. The van der Waals surface area contributed by atoms with Gasteiger partial charge in [-0.15, -0.1) is 0 Å². The van der Waals surface area contributed by atoms with E-state index in [1.54, 1.807) is 23.1 Å². The zero-order valence-corrected chi connectivity index (χ0v) is 12.8. The van der Waals surface area contributed by atoms with Gasteiger partial charge in [0.15, 0.2) is 9.84 Å². The third kappa shape index (κ3) is 3.27. The van der Waals surface area contributed by atoms with Crippen molar-refractivity contribution in [3.8, 4) is 5.75 Å². The summed E-state index contributed by atoms with van der Waals surface area (Å²) in [5, 5.41) is 0. The molecule has 1 saturated heterocycles. The van der Waals surface area contributed by atoms with Crippen LogP contribution in [-0.2, 0) is 9.84 Å². The van der Waals surface area contributed by atoms with E-state index in [4.69, 9.17) is 4.74 Å². The number of hydrogen-bond donors (Lipinski definition) is 0. The Labute approximate surface area is 120 Å². The summed E-state index contributed by atoms with van der Waals surface area (Å²) in [6.07, 6.45) is 0. The van der Waals surface area contributed by atoms with Crippen LogP contribution in [-0.4, -0.2) is 50.9 Å². The molecule has 1 aromatic rings. The normalized spacial score (nSPS) is 18.1. The molecule has 0 aliphatic carbocycles. The van der Waals surface area contributed by atoms with Gasteiger partial charge in [-0.2, -0.15) is 0 Å². The highest BCUT2D eigenvalue weighted by atomic mass is 79.9. The average Bonchev–Trinajstić information content (AvgIpc) is 2.37. The van der Waals surface area contributed by atoms with Gasteiger partial charge in [-0.3, -0.25) is 4.79 Å². The summed E-state index contributed by atoms with van der Waals surface area (Å²) < 4.78 is 28.7. The van der Waals surface area contributed by atoms with Crippen LogP contribution in [0.15, 0.2) is 22.7 Å². The lowest BCUT2D eigenvalue weighted by Crippen LogP contribution is -2.43. The number of benzene rings is 1. The first-order valence-electron chi connectivity index (χ1n) is 5.76. The monoisotopic (exact) mass is 347 g/mol. The summed E-state index contributed by atoms with van der Waals surface area (Å²) >= 11 is 3.31. The zero-order chi connectivity index (χ0) is 14.0. The molecule has 104 valence electrons. The summed E-state index contributed by atoms with van der Waals surface area (Å²) in [4.78, 5) is 13.9. The Morgan fingerprint density at radius 2 is 1.95 bits per heavy atom. The number of methoxy groups -OCH3 is 1. The van der Waals surface area contributed by atoms with E-state index in [-0.39, 0.29) is 30.5 Å². The second-order valence-corrected chi connectivity index (χ2v) is 7.51. The maximum absolute atomic E-state index is 12.3. The van der Waals surface area contributed by atoms with Crippen molar-refractivity contribution in [1.82, 2.24) is 4.90 Å². The molecule has 1 aromatic carbocycles. The van der Waals surface area contributed by atoms with Gasteiger partial charge < -0.3 is 9.64 Å². The Kier molecular flexibility index (Phi) is 4.15. The molecule has 0 aromatic heterocycles. The van der Waals surface area contributed by atoms with Crippen molar-refractivity contribution in [3.05, 3.63) is 28.2 Å². The van der Waals surface area contributed by atoms with Gasteiger partial charge in [0.25, 0.3) is 5.91 Å². The van der Waals surface area contributed by atoms with E-state index < -0.39 is 9.84 Å². The Morgan fingerprint density at radius 1 is 1.32 bits per heavy atom. The fourth-order valence-corrected chi connectivity index (χ4v) is 3.47. The average molecular weight is 348 g/mol. The lowest BCUT2D eigenvalue weighted by molar-refractivity contribution is 0.0767. The molecular formula is C12H14BrNO4S. The first kappa shape index (κ1) is 14.3. The number of rotatable bonds is 2. The van der Waals surface area contributed by atoms with Gasteiger partial charge >= 0.3 is 0 Å². The van der Waals surface area contributed by atoms with Crippen molar-refractivity contribution in [2.24, 2.45) is 0 Å². The number of hydrogen-bond acceptors (Lipinski definition) is 4. The topological polar surface area (TPSA) is 63.7 Å². The van der Waals surface area contributed by atoms with E-state index in [1.165, 1.54) is 7.11 Å². The van der Waals surface area contributed by atoms with Gasteiger partial charge in [0.05, 0.1) is 24.2 Å². The summed E-state index contributed by atoms with van der Waals surface area (Å²) in [6, 6.07) is 5.15. The number of nitrogens with zero attached hydrogens (tertiary/aromatic N) is 1. The fourth-order valence-electron chi connectivity index (χ4n) is 1.93. The molecule has 0 N–H and O–H groups in total. The lowest BCUT2D eigenvalue weighted by Gasteiger charge is -2.27. The van der Waals surface area contributed by atoms with Crippen molar-refractivity contribution in [2.45, 2.75) is 0 Å². The molecule has 0 radical (unpaired) electrons. The van der Waals surface area contributed by atoms with Crippen LogP contribution in [0.2, 0.25) is 0 Å². The van der Waals surface area contributed by atoms with Crippen LogP contribution in [0.5, 0.6) is 5.75 Å². The molecule has 0 bridgehead atoms. The Hall–Kier alpha value is -1.08. The van der Waals surface area contributed by atoms with Gasteiger partial charge in [-0.1, -0.05) is 15.9 Å². The smallest absolute Gasteiger partial charge is 0.257 e. The van der Waals surface area contributed by atoms with Gasteiger partial charge in [0, 0.05) is 17.6 Å². The number of carbonyl (C=O) groups excluding carboxylic acids is 1. The molecule has 1 amide bonds. The third-order valence-electron chi connectivity index (χ3n) is 3.03. The van der Waals surface area contributed by atoms with Gasteiger partial charge in [0.1, 0.15) is 5.75 Å². The maximum Gasteiger partial charge on any atom is 0.257 e. The molecule has 1 heterocycles. The van der Waals surface area contributed by atoms with Crippen LogP contribution in [0, 0.1) is 0 Å². The number of halogens is 1. The molecule has 19 heavy (non-hydrogen) atoms. The first-order valence-corrected chi connectivity index (χ1v) is 8.37. The highest BCUT2D eigenvalue weighted by Crippen LogP contribution is 2.25. The van der Waals surface area contributed by atoms with Gasteiger partial charge in [-0.05, 0) is 18.2 Å². The van der Waals surface area contributed by atoms with Crippen molar-refractivity contribution >= 4 is 31.7 Å². The Bertz CT molecular complexity index is 586. The van der Waals surface area contributed by atoms with Crippen LogP contribution in [0.1, 0.15) is 10.4 Å². The van der Waals surface area contributed by atoms with Crippen LogP contribution in [0.4, 0.5) is 0 Å². The summed E-state index contributed by atoms with van der Waals surface area (Å²) in [5.74, 6) is 0.335. The van der Waals surface area contributed by atoms with E-state index in [9.17, 15) is 13.2 Å². The summed E-state index contributed by atoms with van der Waals surface area (Å²) in [5.41, 5.74) is 0.449. The maximum atomic E-state index is 12.3. The van der Waals surface area contributed by atoms with Gasteiger partial charge in [-0.25, -0.2) is 8.42 Å². The molecule has 0 spiro atoms. The lowest BCUT2D eigenvalue weighted by atomic mass is 10.1. The molecule has 7 heteroatoms. The number of sulfone groups is 1. The van der Waals surface area contributed by atoms with Crippen molar-refractivity contribution in [3.63, 3.8) is 0 Å². The first-order chi connectivity index (χ1) is 8.93. The quantitative estimate of drug-likeness (QED) is 0.809. The van der Waals surface area contributed by atoms with E-state index in [0.29, 0.717) is 11.3 Å². The number of carbonyl (C=O) groups is 1. The molecular weight excluding hydrogens is 334 g/mol. The van der Waals surface area contributed by atoms with Crippen LogP contribution in [0.25, 0.3) is 0 Å². The van der Waals surface area contributed by atoms with E-state index in [0.717, 1.165) is 4.47 Å². The summed E-state index contributed by atoms with van der Waals surface area (Å²) in [7, 11) is -1.49. The van der Waals surface area contributed by atoms with Crippen LogP contribution >= 0.6 is 15.9 Å². The minimum absolute atomic E-state index is 0.0254. The van der Waals surface area contributed by atoms with Crippen molar-refractivity contribution in [2.75, 3.05) is 31.7 Å². The zero-order valence-electron chi connectivity index (χ0n) is 10.4. The fraction of sp³-hybridized carbons (Fsp3) is 0.417. The molecule has 2 rings (SSSR count). The SMILES string of the molecule is COc1cc(Br)ccc1C(=O)N1CCS(=O)(=O)CC1. The standard InChI is InChI=1S/C12H14BrNO4S/c1-18-11-8-9(13)2-3-10(11)12(15)14-4-6-19(16,17)7-5-14/h2-3,8H,4-7H2,1H3. The van der Waals surface area contributed by atoms with Crippen molar-refractivity contribution < 1.29 is 17.9 Å². The van der Waals surface area contributed by atoms with E-state index >= 15 is 0 Å². The van der Waals surface area contributed by atoms with Crippen molar-refractivity contribution in [1.29, 1.82) is 0 Å². The minimum Gasteiger partial charge on any atom is -0.496 e. The molecule has 1 aliphatic rings.